The van der Waals surface area contributed by atoms with Gasteiger partial charge in [-0.05, 0) is 39.3 Å². The molecule has 5 nitrogen and oxygen atoms in total. The van der Waals surface area contributed by atoms with Crippen molar-refractivity contribution in [3.63, 3.8) is 0 Å². The Kier molecular flexibility index (Phi) is 4.64. The molecule has 2 fully saturated rings. The van der Waals surface area contributed by atoms with Crippen molar-refractivity contribution >= 4 is 5.82 Å². The molecule has 1 aromatic heterocycles. The number of anilines is 1. The fourth-order valence-electron chi connectivity index (χ4n) is 4.47. The summed E-state index contributed by atoms with van der Waals surface area (Å²) in [6, 6.07) is 2.31. The highest BCUT2D eigenvalue weighted by molar-refractivity contribution is 5.25. The van der Waals surface area contributed by atoms with E-state index in [0.29, 0.717) is 23.4 Å². The second-order valence-corrected chi connectivity index (χ2v) is 6.80. The van der Waals surface area contributed by atoms with E-state index in [-0.39, 0.29) is 0 Å². The first-order chi connectivity index (χ1) is 10.7. The van der Waals surface area contributed by atoms with E-state index < -0.39 is 0 Å². The zero-order chi connectivity index (χ0) is 15.6. The van der Waals surface area contributed by atoms with Gasteiger partial charge in [0.1, 0.15) is 11.6 Å². The first-order valence-corrected chi connectivity index (χ1v) is 8.55. The van der Waals surface area contributed by atoms with Crippen LogP contribution in [0.4, 0.5) is 5.82 Å². The van der Waals surface area contributed by atoms with Crippen LogP contribution in [0.3, 0.4) is 0 Å². The number of rotatable bonds is 5. The van der Waals surface area contributed by atoms with Crippen LogP contribution in [0.5, 0.6) is 0 Å². The monoisotopic (exact) mass is 304 g/mol. The summed E-state index contributed by atoms with van der Waals surface area (Å²) in [7, 11) is 2.19. The highest BCUT2D eigenvalue weighted by Gasteiger charge is 2.56. The zero-order valence-corrected chi connectivity index (χ0v) is 13.8. The van der Waals surface area contributed by atoms with Gasteiger partial charge in [0.25, 0.3) is 0 Å². The second kappa shape index (κ2) is 6.50. The third-order valence-electron chi connectivity index (χ3n) is 5.54. The van der Waals surface area contributed by atoms with Crippen molar-refractivity contribution in [1.82, 2.24) is 14.9 Å². The van der Waals surface area contributed by atoms with Crippen LogP contribution in [-0.4, -0.2) is 40.7 Å². The van der Waals surface area contributed by atoms with E-state index in [2.05, 4.69) is 28.8 Å². The lowest BCUT2D eigenvalue weighted by molar-refractivity contribution is -0.180. The summed E-state index contributed by atoms with van der Waals surface area (Å²) < 4.78 is 6.04. The van der Waals surface area contributed by atoms with Gasteiger partial charge in [0.15, 0.2) is 0 Å². The van der Waals surface area contributed by atoms with Gasteiger partial charge in [0.05, 0.1) is 12.6 Å². The smallest absolute Gasteiger partial charge is 0.144 e. The van der Waals surface area contributed by atoms with Crippen LogP contribution in [-0.2, 0) is 11.3 Å². The number of nitrogen functional groups attached to an aromatic ring is 1. The average Bonchev–Trinajstić information content (AvgIpc) is 2.51. The highest BCUT2D eigenvalue weighted by Crippen LogP contribution is 2.55. The summed E-state index contributed by atoms with van der Waals surface area (Å²) in [6.45, 7) is 3.69. The largest absolute Gasteiger partial charge is 0.384 e. The molecule has 2 atom stereocenters. The molecule has 1 spiro atoms. The van der Waals surface area contributed by atoms with E-state index in [4.69, 9.17) is 10.5 Å². The van der Waals surface area contributed by atoms with Gasteiger partial charge in [-0.25, -0.2) is 9.97 Å². The molecule has 0 aliphatic heterocycles. The Labute approximate surface area is 133 Å². The van der Waals surface area contributed by atoms with Gasteiger partial charge in [-0.2, -0.15) is 0 Å². The van der Waals surface area contributed by atoms with Crippen LogP contribution < -0.4 is 5.73 Å². The summed E-state index contributed by atoms with van der Waals surface area (Å²) in [4.78, 5) is 11.1. The first-order valence-electron chi connectivity index (χ1n) is 8.55. The van der Waals surface area contributed by atoms with Crippen LogP contribution >= 0.6 is 0 Å². The third-order valence-corrected chi connectivity index (χ3v) is 5.54. The Morgan fingerprint density at radius 2 is 2.14 bits per heavy atom. The molecule has 22 heavy (non-hydrogen) atoms. The lowest BCUT2D eigenvalue weighted by Gasteiger charge is -2.60. The molecule has 3 rings (SSSR count). The topological polar surface area (TPSA) is 64.3 Å². The number of hydrogen-bond donors (Lipinski definition) is 1. The zero-order valence-electron chi connectivity index (χ0n) is 13.8. The lowest BCUT2D eigenvalue weighted by atomic mass is 9.54. The Bertz CT molecular complexity index is 501. The minimum atomic E-state index is 0.351. The lowest BCUT2D eigenvalue weighted by Crippen LogP contribution is -2.64. The number of hydrogen-bond acceptors (Lipinski definition) is 5. The van der Waals surface area contributed by atoms with Crippen molar-refractivity contribution in [3.05, 3.63) is 18.1 Å². The van der Waals surface area contributed by atoms with E-state index in [9.17, 15) is 0 Å². The summed E-state index contributed by atoms with van der Waals surface area (Å²) in [5, 5.41) is 0. The maximum Gasteiger partial charge on any atom is 0.144 e. The molecular formula is C17H28N4O. The Balaban J connectivity index is 1.70. The molecule has 0 saturated heterocycles. The molecule has 2 unspecified atom stereocenters. The maximum absolute atomic E-state index is 6.04. The summed E-state index contributed by atoms with van der Waals surface area (Å²) in [5.74, 6) is 1.36. The van der Waals surface area contributed by atoms with Crippen molar-refractivity contribution in [3.8, 4) is 0 Å². The van der Waals surface area contributed by atoms with Crippen LogP contribution in [0.2, 0.25) is 0 Å². The van der Waals surface area contributed by atoms with E-state index in [1.54, 1.807) is 12.3 Å². The van der Waals surface area contributed by atoms with Crippen LogP contribution in [0, 0.1) is 5.41 Å². The van der Waals surface area contributed by atoms with Crippen molar-refractivity contribution < 1.29 is 4.74 Å². The SMILES string of the molecule is CCOC1CC(N(C)Cc2nccc(N)n2)C12CCCCC2. The normalized spacial score (nSPS) is 27.0. The molecule has 0 bridgehead atoms. The number of nitrogens with two attached hydrogens (primary N) is 1. The summed E-state index contributed by atoms with van der Waals surface area (Å²) in [5.41, 5.74) is 6.12. The minimum Gasteiger partial charge on any atom is -0.384 e. The van der Waals surface area contributed by atoms with Crippen molar-refractivity contribution in [2.24, 2.45) is 5.41 Å². The van der Waals surface area contributed by atoms with Gasteiger partial charge in [0, 0.05) is 24.3 Å². The summed E-state index contributed by atoms with van der Waals surface area (Å²) >= 11 is 0. The van der Waals surface area contributed by atoms with Crippen LogP contribution in [0.1, 0.15) is 51.3 Å². The molecule has 1 heterocycles. The maximum atomic E-state index is 6.04. The molecule has 122 valence electrons. The molecular weight excluding hydrogens is 276 g/mol. The standard InChI is InChI=1S/C17H28N4O/c1-3-22-14-11-13(17(14)8-5-4-6-9-17)21(2)12-16-19-10-7-15(18)20-16/h7,10,13-14H,3-6,8-9,11-12H2,1-2H3,(H2,18,19,20). The van der Waals surface area contributed by atoms with E-state index in [0.717, 1.165) is 25.4 Å². The van der Waals surface area contributed by atoms with Crippen LogP contribution in [0.15, 0.2) is 12.3 Å². The first kappa shape index (κ1) is 15.7. The van der Waals surface area contributed by atoms with Crippen LogP contribution in [0.25, 0.3) is 0 Å². The van der Waals surface area contributed by atoms with Gasteiger partial charge in [0.2, 0.25) is 0 Å². The third kappa shape index (κ3) is 2.84. The van der Waals surface area contributed by atoms with Gasteiger partial charge in [-0.1, -0.05) is 19.3 Å². The van der Waals surface area contributed by atoms with E-state index in [1.165, 1.54) is 32.1 Å². The molecule has 2 aliphatic rings. The molecule has 1 aromatic rings. The molecule has 2 saturated carbocycles. The molecule has 0 radical (unpaired) electrons. The Morgan fingerprint density at radius 1 is 1.36 bits per heavy atom. The quantitative estimate of drug-likeness (QED) is 0.906. The highest BCUT2D eigenvalue weighted by atomic mass is 16.5. The van der Waals surface area contributed by atoms with Crippen molar-refractivity contribution in [2.75, 3.05) is 19.4 Å². The number of nitrogens with zero attached hydrogens (tertiary/aromatic N) is 3. The molecule has 2 aliphatic carbocycles. The number of ether oxygens (including phenoxy) is 1. The van der Waals surface area contributed by atoms with Gasteiger partial charge >= 0.3 is 0 Å². The predicted octanol–water partition coefficient (Wildman–Crippen LogP) is 2.62. The number of aromatic nitrogens is 2. The fourth-order valence-corrected chi connectivity index (χ4v) is 4.47. The van der Waals surface area contributed by atoms with E-state index in [1.807, 2.05) is 0 Å². The fraction of sp³-hybridized carbons (Fsp3) is 0.765. The predicted molar refractivity (Wildman–Crippen MR) is 87.2 cm³/mol. The van der Waals surface area contributed by atoms with Gasteiger partial charge in [-0.15, -0.1) is 0 Å². The average molecular weight is 304 g/mol. The molecule has 5 heteroatoms. The summed E-state index contributed by atoms with van der Waals surface area (Å²) in [6.07, 6.45) is 9.94. The van der Waals surface area contributed by atoms with Gasteiger partial charge in [-0.3, -0.25) is 4.90 Å². The Morgan fingerprint density at radius 3 is 2.82 bits per heavy atom. The molecule has 0 aromatic carbocycles. The van der Waals surface area contributed by atoms with Crippen molar-refractivity contribution in [2.45, 2.75) is 64.1 Å². The molecule has 0 amide bonds. The van der Waals surface area contributed by atoms with E-state index >= 15 is 0 Å². The second-order valence-electron chi connectivity index (χ2n) is 6.80. The van der Waals surface area contributed by atoms with Crippen molar-refractivity contribution in [1.29, 1.82) is 0 Å². The Hall–Kier alpha value is -1.20. The van der Waals surface area contributed by atoms with Gasteiger partial charge < -0.3 is 10.5 Å². The molecule has 2 N–H and O–H groups in total. The minimum absolute atomic E-state index is 0.351.